The molecule has 3 heteroatoms. The number of Topliss-reactive ketones (excluding diaryl/α,β-unsaturated/α-hetero) is 1. The third-order valence-electron chi connectivity index (χ3n) is 1.36. The molecule has 0 heterocycles. The van der Waals surface area contributed by atoms with Crippen LogP contribution in [-0.4, -0.2) is 17.9 Å². The van der Waals surface area contributed by atoms with Gasteiger partial charge in [0, 0.05) is 6.42 Å². The van der Waals surface area contributed by atoms with E-state index < -0.39 is 0 Å². The van der Waals surface area contributed by atoms with Crippen LogP contribution >= 0.6 is 0 Å². The Labute approximate surface area is 73.1 Å². The third kappa shape index (κ3) is 4.88. The smallest absolute Gasteiger partial charge is 0.308 e. The first kappa shape index (κ1) is 11.1. The maximum absolute atomic E-state index is 11.0. The zero-order valence-corrected chi connectivity index (χ0v) is 8.09. The van der Waals surface area contributed by atoms with E-state index >= 15 is 0 Å². The Morgan fingerprint density at radius 1 is 1.25 bits per heavy atom. The molecule has 0 saturated carbocycles. The fourth-order valence-electron chi connectivity index (χ4n) is 0.781. The molecule has 1 unspecified atom stereocenters. The van der Waals surface area contributed by atoms with Crippen molar-refractivity contribution in [3.63, 3.8) is 0 Å². The topological polar surface area (TPSA) is 43.4 Å². The van der Waals surface area contributed by atoms with E-state index in [1.807, 2.05) is 0 Å². The van der Waals surface area contributed by atoms with E-state index in [4.69, 9.17) is 4.74 Å². The normalized spacial score (nSPS) is 12.8. The quantitative estimate of drug-likeness (QED) is 0.604. The summed E-state index contributed by atoms with van der Waals surface area (Å²) >= 11 is 0. The maximum atomic E-state index is 11.0. The lowest BCUT2D eigenvalue weighted by molar-refractivity contribution is -0.152. The van der Waals surface area contributed by atoms with E-state index in [1.54, 1.807) is 20.8 Å². The van der Waals surface area contributed by atoms with Crippen LogP contribution in [0.15, 0.2) is 0 Å². The van der Waals surface area contributed by atoms with E-state index in [0.29, 0.717) is 6.42 Å². The van der Waals surface area contributed by atoms with Gasteiger partial charge in [-0.3, -0.25) is 9.59 Å². The Bertz CT molecular complexity index is 173. The minimum Gasteiger partial charge on any atom is -0.462 e. The predicted octanol–water partition coefficient (Wildman–Crippen LogP) is 1.55. The van der Waals surface area contributed by atoms with Gasteiger partial charge in [0.25, 0.3) is 0 Å². The maximum Gasteiger partial charge on any atom is 0.308 e. The molecule has 0 aromatic rings. The highest BCUT2D eigenvalue weighted by Gasteiger charge is 2.13. The van der Waals surface area contributed by atoms with Gasteiger partial charge in [0.2, 0.25) is 0 Å². The van der Waals surface area contributed by atoms with Crippen molar-refractivity contribution in [3.8, 4) is 0 Å². The summed E-state index contributed by atoms with van der Waals surface area (Å²) in [6, 6.07) is 0. The molecule has 70 valence electrons. The zero-order chi connectivity index (χ0) is 9.72. The van der Waals surface area contributed by atoms with Crippen molar-refractivity contribution in [2.24, 2.45) is 5.92 Å². The van der Waals surface area contributed by atoms with Crippen LogP contribution in [0.2, 0.25) is 0 Å². The summed E-state index contributed by atoms with van der Waals surface area (Å²) in [6.07, 6.45) is 0.00995. The Kier molecular flexibility index (Phi) is 4.55. The van der Waals surface area contributed by atoms with Gasteiger partial charge in [-0.05, 0) is 13.8 Å². The second kappa shape index (κ2) is 4.91. The van der Waals surface area contributed by atoms with E-state index in [0.717, 1.165) is 0 Å². The molecular weight excluding hydrogens is 156 g/mol. The highest BCUT2D eigenvalue weighted by molar-refractivity contribution is 5.77. The van der Waals surface area contributed by atoms with Crippen LogP contribution in [-0.2, 0) is 14.3 Å². The molecule has 1 atom stereocenters. The van der Waals surface area contributed by atoms with Crippen LogP contribution in [0.25, 0.3) is 0 Å². The fraction of sp³-hybridized carbons (Fsp3) is 0.778. The summed E-state index contributed by atoms with van der Waals surface area (Å²) in [5.74, 6) is -0.331. The summed E-state index contributed by atoms with van der Waals surface area (Å²) in [7, 11) is 0. The first-order chi connectivity index (χ1) is 5.43. The van der Waals surface area contributed by atoms with Crippen LogP contribution in [0.4, 0.5) is 0 Å². The summed E-state index contributed by atoms with van der Waals surface area (Å²) in [4.78, 5) is 21.6. The van der Waals surface area contributed by atoms with Gasteiger partial charge in [-0.2, -0.15) is 0 Å². The van der Waals surface area contributed by atoms with E-state index in [2.05, 4.69) is 0 Å². The molecule has 0 amide bonds. The molecule has 0 N–H and O–H groups in total. The minimum atomic E-state index is -0.294. The predicted molar refractivity (Wildman–Crippen MR) is 45.7 cm³/mol. The summed E-state index contributed by atoms with van der Waals surface area (Å²) in [5, 5.41) is 0. The summed E-state index contributed by atoms with van der Waals surface area (Å²) < 4.78 is 4.96. The highest BCUT2D eigenvalue weighted by Crippen LogP contribution is 2.03. The van der Waals surface area contributed by atoms with Crippen molar-refractivity contribution in [1.82, 2.24) is 0 Å². The van der Waals surface area contributed by atoms with Crippen molar-refractivity contribution in [2.75, 3.05) is 0 Å². The number of ether oxygens (including phenoxy) is 1. The molecule has 0 bridgehead atoms. The van der Waals surface area contributed by atoms with E-state index in [1.165, 1.54) is 6.92 Å². The second-order valence-corrected chi connectivity index (χ2v) is 3.31. The fourth-order valence-corrected chi connectivity index (χ4v) is 0.781. The van der Waals surface area contributed by atoms with Gasteiger partial charge in [-0.1, -0.05) is 13.8 Å². The summed E-state index contributed by atoms with van der Waals surface area (Å²) in [5.41, 5.74) is 0. The molecular formula is C9H16O3. The molecule has 0 aliphatic carbocycles. The molecule has 0 aliphatic heterocycles. The molecule has 0 aromatic carbocycles. The van der Waals surface area contributed by atoms with Gasteiger partial charge in [-0.25, -0.2) is 0 Å². The number of carbonyl (C=O) groups is 2. The molecule has 0 radical (unpaired) electrons. The molecule has 0 fully saturated rings. The number of ketones is 1. The van der Waals surface area contributed by atoms with Gasteiger partial charge in [0.05, 0.1) is 5.92 Å². The second-order valence-electron chi connectivity index (χ2n) is 3.31. The Morgan fingerprint density at radius 3 is 2.08 bits per heavy atom. The minimum absolute atomic E-state index is 0.0408. The molecule has 0 aliphatic rings. The molecule has 0 saturated heterocycles. The van der Waals surface area contributed by atoms with Gasteiger partial charge in [-0.15, -0.1) is 0 Å². The van der Waals surface area contributed by atoms with Crippen LogP contribution in [0.1, 0.15) is 34.1 Å². The molecule has 0 aromatic heterocycles. The number of hydrogen-bond donors (Lipinski definition) is 0. The standard InChI is InChI=1S/C9H16O3/c1-6(2)9(11)12-8(4)5-7(3)10/h6,8H,5H2,1-4H3. The SMILES string of the molecule is CC(=O)CC(C)OC(=O)C(C)C. The molecule has 0 spiro atoms. The van der Waals surface area contributed by atoms with Crippen molar-refractivity contribution in [3.05, 3.63) is 0 Å². The molecule has 12 heavy (non-hydrogen) atoms. The number of carbonyl (C=O) groups excluding carboxylic acids is 2. The van der Waals surface area contributed by atoms with Crippen molar-refractivity contribution in [2.45, 2.75) is 40.2 Å². The largest absolute Gasteiger partial charge is 0.462 e. The highest BCUT2D eigenvalue weighted by atomic mass is 16.5. The van der Waals surface area contributed by atoms with Gasteiger partial charge >= 0.3 is 5.97 Å². The van der Waals surface area contributed by atoms with E-state index in [9.17, 15) is 9.59 Å². The Balaban J connectivity index is 3.76. The van der Waals surface area contributed by atoms with Crippen molar-refractivity contribution >= 4 is 11.8 Å². The molecule has 3 nitrogen and oxygen atoms in total. The molecule has 0 rings (SSSR count). The van der Waals surface area contributed by atoms with Crippen molar-refractivity contribution in [1.29, 1.82) is 0 Å². The first-order valence-electron chi connectivity index (χ1n) is 4.13. The van der Waals surface area contributed by atoms with Gasteiger partial charge in [0.1, 0.15) is 11.9 Å². The third-order valence-corrected chi connectivity index (χ3v) is 1.36. The van der Waals surface area contributed by atoms with E-state index in [-0.39, 0.29) is 23.8 Å². The average molecular weight is 172 g/mol. The van der Waals surface area contributed by atoms with Crippen LogP contribution in [0, 0.1) is 5.92 Å². The lowest BCUT2D eigenvalue weighted by Crippen LogP contribution is -2.20. The van der Waals surface area contributed by atoms with Crippen LogP contribution in [0.5, 0.6) is 0 Å². The number of hydrogen-bond acceptors (Lipinski definition) is 3. The number of esters is 1. The lowest BCUT2D eigenvalue weighted by Gasteiger charge is -2.12. The number of rotatable bonds is 4. The monoisotopic (exact) mass is 172 g/mol. The Hall–Kier alpha value is -0.860. The summed E-state index contributed by atoms with van der Waals surface area (Å²) in [6.45, 7) is 6.74. The van der Waals surface area contributed by atoms with Crippen LogP contribution in [0.3, 0.4) is 0 Å². The zero-order valence-electron chi connectivity index (χ0n) is 8.09. The lowest BCUT2D eigenvalue weighted by atomic mass is 10.2. The van der Waals surface area contributed by atoms with Crippen molar-refractivity contribution < 1.29 is 14.3 Å². The first-order valence-corrected chi connectivity index (χ1v) is 4.13. The Morgan fingerprint density at radius 2 is 1.75 bits per heavy atom. The average Bonchev–Trinajstić information content (AvgIpc) is 1.84. The van der Waals surface area contributed by atoms with Gasteiger partial charge < -0.3 is 4.74 Å². The van der Waals surface area contributed by atoms with Gasteiger partial charge in [0.15, 0.2) is 0 Å². The van der Waals surface area contributed by atoms with Crippen LogP contribution < -0.4 is 0 Å².